The van der Waals surface area contributed by atoms with Crippen LogP contribution in [0.15, 0.2) is 35.4 Å². The van der Waals surface area contributed by atoms with Gasteiger partial charge in [0.05, 0.1) is 11.9 Å². The lowest BCUT2D eigenvalue weighted by Gasteiger charge is -2.10. The fourth-order valence-electron chi connectivity index (χ4n) is 2.48. The molecule has 0 aliphatic heterocycles. The standard InChI is InChI=1S/C16H16F3N5O2/c17-16(18,19)10-4-3-5-11(8-10)21-15-22-13-12(14(26)23-15)20-9-24(13)6-1-2-7-25/h3-5,8-9,25H,1-2,6-7H2,(H2,21,22,23,26). The van der Waals surface area contributed by atoms with Crippen LogP contribution in [-0.2, 0) is 12.7 Å². The average Bonchev–Trinajstić information content (AvgIpc) is 2.98. The summed E-state index contributed by atoms with van der Waals surface area (Å²) in [5.74, 6) is 0.0192. The zero-order valence-electron chi connectivity index (χ0n) is 13.5. The maximum absolute atomic E-state index is 12.8. The van der Waals surface area contributed by atoms with E-state index in [1.54, 1.807) is 4.57 Å². The van der Waals surface area contributed by atoms with E-state index >= 15 is 0 Å². The zero-order chi connectivity index (χ0) is 18.7. The predicted octanol–water partition coefficient (Wildman–Crippen LogP) is 2.65. The molecule has 1 aromatic carbocycles. The third-order valence-electron chi connectivity index (χ3n) is 3.73. The van der Waals surface area contributed by atoms with Crippen LogP contribution in [0.1, 0.15) is 18.4 Å². The minimum absolute atomic E-state index is 0.0192. The smallest absolute Gasteiger partial charge is 0.396 e. The Morgan fingerprint density at radius 1 is 1.27 bits per heavy atom. The molecule has 7 nitrogen and oxygen atoms in total. The normalized spacial score (nSPS) is 11.8. The molecule has 0 unspecified atom stereocenters. The second kappa shape index (κ2) is 7.16. The van der Waals surface area contributed by atoms with Crippen LogP contribution in [0.3, 0.4) is 0 Å². The summed E-state index contributed by atoms with van der Waals surface area (Å²) in [7, 11) is 0. The Morgan fingerprint density at radius 3 is 2.81 bits per heavy atom. The Morgan fingerprint density at radius 2 is 2.08 bits per heavy atom. The van der Waals surface area contributed by atoms with E-state index in [1.807, 2.05) is 0 Å². The Hall–Kier alpha value is -2.88. The maximum Gasteiger partial charge on any atom is 0.416 e. The van der Waals surface area contributed by atoms with E-state index in [-0.39, 0.29) is 23.8 Å². The SMILES string of the molecule is O=c1[nH]c(Nc2cccc(C(F)(F)F)c2)nc2c1ncn2CCCCO. The summed E-state index contributed by atoms with van der Waals surface area (Å²) >= 11 is 0. The molecule has 0 aliphatic carbocycles. The number of aryl methyl sites for hydroxylation is 1. The number of aliphatic hydroxyl groups is 1. The number of alkyl halides is 3. The molecular weight excluding hydrogens is 351 g/mol. The van der Waals surface area contributed by atoms with Gasteiger partial charge in [0.25, 0.3) is 5.56 Å². The first-order chi connectivity index (χ1) is 12.4. The molecule has 0 fully saturated rings. The molecule has 0 spiro atoms. The van der Waals surface area contributed by atoms with Gasteiger partial charge in [-0.15, -0.1) is 0 Å². The monoisotopic (exact) mass is 367 g/mol. The lowest BCUT2D eigenvalue weighted by Crippen LogP contribution is -2.13. The number of aliphatic hydroxyl groups excluding tert-OH is 1. The van der Waals surface area contributed by atoms with Crippen molar-refractivity contribution in [3.8, 4) is 0 Å². The first kappa shape index (κ1) is 17.9. The molecule has 3 aromatic rings. The van der Waals surface area contributed by atoms with Crippen LogP contribution >= 0.6 is 0 Å². The van der Waals surface area contributed by atoms with E-state index in [4.69, 9.17) is 5.11 Å². The molecule has 138 valence electrons. The van der Waals surface area contributed by atoms with E-state index in [2.05, 4.69) is 20.3 Å². The maximum atomic E-state index is 12.8. The number of unbranched alkanes of at least 4 members (excludes halogenated alkanes) is 1. The summed E-state index contributed by atoms with van der Waals surface area (Å²) in [5.41, 5.74) is -0.691. The first-order valence-corrected chi connectivity index (χ1v) is 7.89. The highest BCUT2D eigenvalue weighted by Gasteiger charge is 2.30. The van der Waals surface area contributed by atoms with E-state index in [1.165, 1.54) is 18.5 Å². The van der Waals surface area contributed by atoms with Gasteiger partial charge in [-0.1, -0.05) is 6.07 Å². The highest BCUT2D eigenvalue weighted by atomic mass is 19.4. The number of nitrogens with zero attached hydrogens (tertiary/aromatic N) is 3. The van der Waals surface area contributed by atoms with Crippen LogP contribution in [0.25, 0.3) is 11.2 Å². The second-order valence-corrected chi connectivity index (χ2v) is 5.66. The molecule has 3 N–H and O–H groups in total. The molecule has 0 bridgehead atoms. The van der Waals surface area contributed by atoms with Gasteiger partial charge in [0, 0.05) is 18.8 Å². The van der Waals surface area contributed by atoms with Gasteiger partial charge in [-0.05, 0) is 31.0 Å². The molecule has 0 radical (unpaired) electrons. The van der Waals surface area contributed by atoms with Gasteiger partial charge in [0.15, 0.2) is 11.2 Å². The number of benzene rings is 1. The molecule has 0 atom stereocenters. The van der Waals surface area contributed by atoms with Crippen molar-refractivity contribution < 1.29 is 18.3 Å². The third kappa shape index (κ3) is 3.85. The number of aromatic nitrogens is 4. The number of rotatable bonds is 6. The quantitative estimate of drug-likeness (QED) is 0.582. The lowest BCUT2D eigenvalue weighted by atomic mass is 10.2. The molecule has 0 saturated carbocycles. The highest BCUT2D eigenvalue weighted by molar-refractivity contribution is 5.71. The average molecular weight is 367 g/mol. The zero-order valence-corrected chi connectivity index (χ0v) is 13.5. The number of nitrogens with one attached hydrogen (secondary N) is 2. The number of aromatic amines is 1. The summed E-state index contributed by atoms with van der Waals surface area (Å²) < 4.78 is 40.1. The number of hydrogen-bond acceptors (Lipinski definition) is 5. The topological polar surface area (TPSA) is 95.8 Å². The predicted molar refractivity (Wildman–Crippen MR) is 89.2 cm³/mol. The second-order valence-electron chi connectivity index (χ2n) is 5.66. The molecule has 10 heteroatoms. The lowest BCUT2D eigenvalue weighted by molar-refractivity contribution is -0.137. The van der Waals surface area contributed by atoms with Gasteiger partial charge >= 0.3 is 6.18 Å². The Kier molecular flexibility index (Phi) is 4.94. The van der Waals surface area contributed by atoms with Gasteiger partial charge in [0.2, 0.25) is 5.95 Å². The van der Waals surface area contributed by atoms with Gasteiger partial charge < -0.3 is 15.0 Å². The van der Waals surface area contributed by atoms with Crippen molar-refractivity contribution in [3.05, 3.63) is 46.5 Å². The van der Waals surface area contributed by atoms with Gasteiger partial charge in [-0.2, -0.15) is 18.2 Å². The van der Waals surface area contributed by atoms with Crippen molar-refractivity contribution in [1.82, 2.24) is 19.5 Å². The molecular formula is C16H16F3N5O2. The molecule has 0 saturated heterocycles. The van der Waals surface area contributed by atoms with Crippen molar-refractivity contribution in [1.29, 1.82) is 0 Å². The minimum Gasteiger partial charge on any atom is -0.396 e. The van der Waals surface area contributed by atoms with E-state index < -0.39 is 17.3 Å². The van der Waals surface area contributed by atoms with Crippen LogP contribution in [0.4, 0.5) is 24.8 Å². The molecule has 0 aliphatic rings. The third-order valence-corrected chi connectivity index (χ3v) is 3.73. The van der Waals surface area contributed by atoms with E-state index in [9.17, 15) is 18.0 Å². The molecule has 26 heavy (non-hydrogen) atoms. The van der Waals surface area contributed by atoms with Crippen LogP contribution in [0.5, 0.6) is 0 Å². The van der Waals surface area contributed by atoms with E-state index in [0.29, 0.717) is 25.0 Å². The molecule has 3 rings (SSSR count). The Balaban J connectivity index is 1.91. The fraction of sp³-hybridized carbons (Fsp3) is 0.312. The van der Waals surface area contributed by atoms with Crippen LogP contribution in [0, 0.1) is 0 Å². The number of hydrogen-bond donors (Lipinski definition) is 3. The van der Waals surface area contributed by atoms with Gasteiger partial charge in [0.1, 0.15) is 0 Å². The van der Waals surface area contributed by atoms with Crippen molar-refractivity contribution in [2.45, 2.75) is 25.6 Å². The van der Waals surface area contributed by atoms with Crippen LogP contribution in [-0.4, -0.2) is 31.2 Å². The van der Waals surface area contributed by atoms with Gasteiger partial charge in [-0.3, -0.25) is 9.78 Å². The number of fused-ring (bicyclic) bond motifs is 1. The fourth-order valence-corrected chi connectivity index (χ4v) is 2.48. The summed E-state index contributed by atoms with van der Waals surface area (Å²) in [6.45, 7) is 0.569. The summed E-state index contributed by atoms with van der Waals surface area (Å²) in [5, 5.41) is 11.5. The van der Waals surface area contributed by atoms with Crippen molar-refractivity contribution >= 4 is 22.8 Å². The largest absolute Gasteiger partial charge is 0.416 e. The van der Waals surface area contributed by atoms with Crippen molar-refractivity contribution in [3.63, 3.8) is 0 Å². The summed E-state index contributed by atoms with van der Waals surface area (Å²) in [4.78, 5) is 22.9. The number of anilines is 2. The molecule has 2 aromatic heterocycles. The number of halogens is 3. The van der Waals surface area contributed by atoms with Crippen molar-refractivity contribution in [2.24, 2.45) is 0 Å². The Labute approximate surface area is 145 Å². The summed E-state index contributed by atoms with van der Waals surface area (Å²) in [6.07, 6.45) is -1.73. The molecule has 2 heterocycles. The Bertz CT molecular complexity index is 964. The highest BCUT2D eigenvalue weighted by Crippen LogP contribution is 2.31. The van der Waals surface area contributed by atoms with Crippen LogP contribution in [0.2, 0.25) is 0 Å². The first-order valence-electron chi connectivity index (χ1n) is 7.89. The van der Waals surface area contributed by atoms with E-state index in [0.717, 1.165) is 12.1 Å². The van der Waals surface area contributed by atoms with Gasteiger partial charge in [-0.25, -0.2) is 4.98 Å². The summed E-state index contributed by atoms with van der Waals surface area (Å²) in [6, 6.07) is 4.60. The minimum atomic E-state index is -4.46. The van der Waals surface area contributed by atoms with Crippen LogP contribution < -0.4 is 10.9 Å². The number of H-pyrrole nitrogens is 1. The molecule has 0 amide bonds. The number of imidazole rings is 1. The van der Waals surface area contributed by atoms with Crippen molar-refractivity contribution in [2.75, 3.05) is 11.9 Å².